The SMILES string of the molecule is N#Cc1c(F)c(F)c(Nc2c(Cl)cccc2Cl)c(F)c1C#N. The molecule has 0 heterocycles. The minimum atomic E-state index is -1.65. The highest BCUT2D eigenvalue weighted by Crippen LogP contribution is 2.36. The number of halogens is 5. The summed E-state index contributed by atoms with van der Waals surface area (Å²) >= 11 is 11.7. The van der Waals surface area contributed by atoms with Crippen LogP contribution in [0.15, 0.2) is 18.2 Å². The summed E-state index contributed by atoms with van der Waals surface area (Å²) in [6, 6.07) is 6.88. The molecule has 0 spiro atoms. The molecule has 0 saturated carbocycles. The molecular weight excluding hydrogens is 338 g/mol. The van der Waals surface area contributed by atoms with E-state index >= 15 is 0 Å². The van der Waals surface area contributed by atoms with Crippen molar-refractivity contribution in [2.24, 2.45) is 0 Å². The molecule has 0 aliphatic rings. The van der Waals surface area contributed by atoms with E-state index in [1.807, 2.05) is 0 Å². The molecular formula is C14H4Cl2F3N3. The standard InChI is InChI=1S/C14H4Cl2F3N3/c15-8-2-1-3-9(16)13(8)22-14-11(18)7(5-21)6(4-20)10(17)12(14)19/h1-3,22H. The van der Waals surface area contributed by atoms with Crippen molar-refractivity contribution in [3.8, 4) is 12.1 Å². The van der Waals surface area contributed by atoms with Gasteiger partial charge in [-0.3, -0.25) is 0 Å². The Morgan fingerprint density at radius 1 is 0.818 bits per heavy atom. The monoisotopic (exact) mass is 341 g/mol. The van der Waals surface area contributed by atoms with Gasteiger partial charge in [0, 0.05) is 0 Å². The number of nitriles is 2. The largest absolute Gasteiger partial charge is 0.348 e. The van der Waals surface area contributed by atoms with Gasteiger partial charge in [0.15, 0.2) is 17.5 Å². The van der Waals surface area contributed by atoms with Crippen LogP contribution in [0, 0.1) is 40.1 Å². The topological polar surface area (TPSA) is 59.6 Å². The Labute approximate surface area is 133 Å². The maximum absolute atomic E-state index is 14.2. The van der Waals surface area contributed by atoms with Gasteiger partial charge in [-0.05, 0) is 12.1 Å². The van der Waals surface area contributed by atoms with Crippen LogP contribution in [0.25, 0.3) is 0 Å². The van der Waals surface area contributed by atoms with Gasteiger partial charge >= 0.3 is 0 Å². The Hall–Kier alpha value is -2.41. The second-order valence-electron chi connectivity index (χ2n) is 4.01. The predicted molar refractivity (Wildman–Crippen MR) is 75.5 cm³/mol. The van der Waals surface area contributed by atoms with E-state index in [0.717, 1.165) is 0 Å². The molecule has 0 radical (unpaired) electrons. The minimum Gasteiger partial charge on any atom is -0.348 e. The number of nitrogens with zero attached hydrogens (tertiary/aromatic N) is 2. The molecule has 0 unspecified atom stereocenters. The van der Waals surface area contributed by atoms with Crippen LogP contribution in [0.3, 0.4) is 0 Å². The summed E-state index contributed by atoms with van der Waals surface area (Å²) in [5.41, 5.74) is -2.93. The first-order valence-corrected chi connectivity index (χ1v) is 6.39. The molecule has 0 aliphatic heterocycles. The number of hydrogen-bond acceptors (Lipinski definition) is 3. The molecule has 8 heteroatoms. The molecule has 0 amide bonds. The van der Waals surface area contributed by atoms with Gasteiger partial charge in [-0.15, -0.1) is 0 Å². The molecule has 0 aromatic heterocycles. The van der Waals surface area contributed by atoms with Crippen molar-refractivity contribution < 1.29 is 13.2 Å². The Balaban J connectivity index is 2.71. The summed E-state index contributed by atoms with van der Waals surface area (Å²) < 4.78 is 41.9. The molecule has 0 bridgehead atoms. The summed E-state index contributed by atoms with van der Waals surface area (Å²) in [5, 5.41) is 19.8. The number of rotatable bonds is 2. The lowest BCUT2D eigenvalue weighted by Gasteiger charge is -2.13. The van der Waals surface area contributed by atoms with Crippen LogP contribution < -0.4 is 5.32 Å². The lowest BCUT2D eigenvalue weighted by atomic mass is 10.1. The number of benzene rings is 2. The third kappa shape index (κ3) is 2.55. The van der Waals surface area contributed by atoms with Gasteiger partial charge in [-0.25, -0.2) is 13.2 Å². The van der Waals surface area contributed by atoms with E-state index in [1.54, 1.807) is 0 Å². The molecule has 2 aromatic rings. The fourth-order valence-corrected chi connectivity index (χ4v) is 2.21. The third-order valence-electron chi connectivity index (χ3n) is 2.76. The zero-order chi connectivity index (χ0) is 16.4. The van der Waals surface area contributed by atoms with Crippen molar-refractivity contribution >= 4 is 34.6 Å². The second kappa shape index (κ2) is 6.15. The van der Waals surface area contributed by atoms with Crippen LogP contribution >= 0.6 is 23.2 Å². The van der Waals surface area contributed by atoms with E-state index in [-0.39, 0.29) is 15.7 Å². The molecule has 0 saturated heterocycles. The first kappa shape index (κ1) is 16.0. The Kier molecular flexibility index (Phi) is 4.46. The number of nitrogens with one attached hydrogen (secondary N) is 1. The normalized spacial score (nSPS) is 9.95. The van der Waals surface area contributed by atoms with Crippen molar-refractivity contribution in [2.75, 3.05) is 5.32 Å². The predicted octanol–water partition coefficient (Wildman–Crippen LogP) is 4.90. The molecule has 2 rings (SSSR count). The second-order valence-corrected chi connectivity index (χ2v) is 4.83. The average Bonchev–Trinajstić information content (AvgIpc) is 2.49. The average molecular weight is 342 g/mol. The fraction of sp³-hybridized carbons (Fsp3) is 0. The van der Waals surface area contributed by atoms with Crippen molar-refractivity contribution in [1.29, 1.82) is 10.5 Å². The highest BCUT2D eigenvalue weighted by atomic mass is 35.5. The van der Waals surface area contributed by atoms with Crippen molar-refractivity contribution in [3.63, 3.8) is 0 Å². The van der Waals surface area contributed by atoms with Crippen LogP contribution in [0.2, 0.25) is 10.0 Å². The van der Waals surface area contributed by atoms with Crippen LogP contribution in [0.1, 0.15) is 11.1 Å². The Morgan fingerprint density at radius 3 is 1.82 bits per heavy atom. The molecule has 0 atom stereocenters. The van der Waals surface area contributed by atoms with Gasteiger partial charge in [0.25, 0.3) is 0 Å². The van der Waals surface area contributed by atoms with Gasteiger partial charge in [-0.1, -0.05) is 29.3 Å². The summed E-state index contributed by atoms with van der Waals surface area (Å²) in [6.07, 6.45) is 0. The zero-order valence-electron chi connectivity index (χ0n) is 10.5. The summed E-state index contributed by atoms with van der Waals surface area (Å²) in [7, 11) is 0. The fourth-order valence-electron chi connectivity index (χ4n) is 1.72. The number of hydrogen-bond donors (Lipinski definition) is 1. The molecule has 22 heavy (non-hydrogen) atoms. The highest BCUT2D eigenvalue weighted by molar-refractivity contribution is 6.39. The Bertz CT molecular complexity index is 834. The van der Waals surface area contributed by atoms with Crippen LogP contribution in [0.4, 0.5) is 24.5 Å². The maximum Gasteiger partial charge on any atom is 0.186 e. The summed E-state index contributed by atoms with van der Waals surface area (Å²) in [5.74, 6) is -4.69. The first-order valence-electron chi connectivity index (χ1n) is 5.64. The third-order valence-corrected chi connectivity index (χ3v) is 3.39. The maximum atomic E-state index is 14.2. The quantitative estimate of drug-likeness (QED) is 0.790. The number of anilines is 2. The van der Waals surface area contributed by atoms with Gasteiger partial charge in [-0.2, -0.15) is 10.5 Å². The van der Waals surface area contributed by atoms with E-state index in [4.69, 9.17) is 33.7 Å². The van der Waals surface area contributed by atoms with Crippen LogP contribution in [-0.2, 0) is 0 Å². The molecule has 0 aliphatic carbocycles. The Morgan fingerprint density at radius 2 is 1.32 bits per heavy atom. The molecule has 0 fully saturated rings. The summed E-state index contributed by atoms with van der Waals surface area (Å²) in [6.45, 7) is 0. The van der Waals surface area contributed by atoms with Gasteiger partial charge in [0.1, 0.15) is 29.0 Å². The smallest absolute Gasteiger partial charge is 0.186 e. The molecule has 3 nitrogen and oxygen atoms in total. The van der Waals surface area contributed by atoms with E-state index in [2.05, 4.69) is 5.32 Å². The van der Waals surface area contributed by atoms with Gasteiger partial charge in [0.05, 0.1) is 15.7 Å². The van der Waals surface area contributed by atoms with Crippen LogP contribution in [0.5, 0.6) is 0 Å². The number of para-hydroxylation sites is 1. The lowest BCUT2D eigenvalue weighted by Crippen LogP contribution is -2.07. The molecule has 1 N–H and O–H groups in total. The van der Waals surface area contributed by atoms with Gasteiger partial charge in [0.2, 0.25) is 0 Å². The van der Waals surface area contributed by atoms with E-state index < -0.39 is 34.3 Å². The molecule has 110 valence electrons. The van der Waals surface area contributed by atoms with Crippen molar-refractivity contribution in [2.45, 2.75) is 0 Å². The first-order chi connectivity index (χ1) is 10.4. The zero-order valence-corrected chi connectivity index (χ0v) is 12.0. The summed E-state index contributed by atoms with van der Waals surface area (Å²) in [4.78, 5) is 0. The van der Waals surface area contributed by atoms with Crippen LogP contribution in [-0.4, -0.2) is 0 Å². The van der Waals surface area contributed by atoms with Crippen molar-refractivity contribution in [1.82, 2.24) is 0 Å². The van der Waals surface area contributed by atoms with E-state index in [1.165, 1.54) is 30.3 Å². The lowest BCUT2D eigenvalue weighted by molar-refractivity contribution is 0.496. The minimum absolute atomic E-state index is 0.0366. The highest BCUT2D eigenvalue weighted by Gasteiger charge is 2.26. The van der Waals surface area contributed by atoms with E-state index in [9.17, 15) is 13.2 Å². The van der Waals surface area contributed by atoms with Gasteiger partial charge < -0.3 is 5.32 Å². The van der Waals surface area contributed by atoms with Crippen molar-refractivity contribution in [3.05, 3.63) is 56.8 Å². The van der Waals surface area contributed by atoms with E-state index in [0.29, 0.717) is 0 Å². The molecule has 2 aromatic carbocycles.